The number of amides is 1. The van der Waals surface area contributed by atoms with Crippen molar-refractivity contribution in [1.29, 1.82) is 0 Å². The molecule has 4 aromatic rings. The van der Waals surface area contributed by atoms with E-state index in [-0.39, 0.29) is 42.6 Å². The van der Waals surface area contributed by atoms with Crippen molar-refractivity contribution in [2.24, 2.45) is 5.73 Å². The maximum atomic E-state index is 15.7. The van der Waals surface area contributed by atoms with Gasteiger partial charge in [-0.3, -0.25) is 4.79 Å². The van der Waals surface area contributed by atoms with Crippen molar-refractivity contribution in [1.82, 2.24) is 20.5 Å². The topological polar surface area (TPSA) is 132 Å². The van der Waals surface area contributed by atoms with Crippen LogP contribution in [0.2, 0.25) is 0 Å². The summed E-state index contributed by atoms with van der Waals surface area (Å²) in [6.07, 6.45) is 0.274. The normalized spacial score (nSPS) is 19.0. The highest BCUT2D eigenvalue weighted by Gasteiger charge is 2.44. The van der Waals surface area contributed by atoms with E-state index in [1.54, 1.807) is 25.1 Å². The summed E-state index contributed by atoms with van der Waals surface area (Å²) in [4.78, 5) is 18.0. The fourth-order valence-electron chi connectivity index (χ4n) is 5.05. The Morgan fingerprint density at radius 2 is 1.93 bits per heavy atom. The van der Waals surface area contributed by atoms with E-state index in [9.17, 15) is 14.3 Å². The van der Waals surface area contributed by atoms with E-state index in [0.29, 0.717) is 33.5 Å². The van der Waals surface area contributed by atoms with Crippen molar-refractivity contribution in [2.45, 2.75) is 44.4 Å². The molecule has 3 heterocycles. The zero-order valence-electron chi connectivity index (χ0n) is 23.2. The molecule has 0 radical (unpaired) electrons. The van der Waals surface area contributed by atoms with Crippen molar-refractivity contribution < 1.29 is 28.2 Å². The zero-order chi connectivity index (χ0) is 29.5. The van der Waals surface area contributed by atoms with E-state index in [1.165, 1.54) is 51.3 Å². The Morgan fingerprint density at radius 1 is 1.20 bits per heavy atom. The average molecular weight is 564 g/mol. The smallest absolute Gasteiger partial charge is 0.251 e. The van der Waals surface area contributed by atoms with E-state index in [0.717, 1.165) is 0 Å². The summed E-state index contributed by atoms with van der Waals surface area (Å²) >= 11 is 0. The number of aromatic nitrogens is 3. The maximum Gasteiger partial charge on any atom is 0.251 e. The number of ether oxygens (including phenoxy) is 2. The number of hydrogen-bond donors (Lipinski definition) is 3. The number of pyridine rings is 1. The molecule has 2 aromatic carbocycles. The predicted molar refractivity (Wildman–Crippen MR) is 148 cm³/mol. The van der Waals surface area contributed by atoms with Crippen LogP contribution in [0.3, 0.4) is 0 Å². The van der Waals surface area contributed by atoms with Crippen molar-refractivity contribution in [2.75, 3.05) is 20.3 Å². The monoisotopic (exact) mass is 563 g/mol. The van der Waals surface area contributed by atoms with Crippen LogP contribution in [0.25, 0.3) is 22.2 Å². The van der Waals surface area contributed by atoms with E-state index in [1.807, 2.05) is 0 Å². The van der Waals surface area contributed by atoms with Crippen LogP contribution in [0.15, 0.2) is 48.5 Å². The molecule has 0 saturated carbocycles. The molecule has 0 spiro atoms. The minimum absolute atomic E-state index is 0.0210. The first kappa shape index (κ1) is 28.5. The number of fused-ring (bicyclic) bond motifs is 1. The SMILES string of the molecule is COc1cc(C(=O)NCC2(c3cc(C(C)(C)O)c(F)c(-c4ccc(F)cc4)n3)CC(N)CO2)cc2cc(C)nnc12. The Morgan fingerprint density at radius 3 is 2.56 bits per heavy atom. The number of carbonyl (C=O) groups is 1. The number of nitrogens with zero attached hydrogens (tertiary/aromatic N) is 3. The summed E-state index contributed by atoms with van der Waals surface area (Å²) in [6.45, 7) is 4.85. The van der Waals surface area contributed by atoms with E-state index in [2.05, 4.69) is 20.5 Å². The molecule has 0 bridgehead atoms. The number of methoxy groups -OCH3 is 1. The Kier molecular flexibility index (Phi) is 7.45. The summed E-state index contributed by atoms with van der Waals surface area (Å²) in [5.41, 5.74) is 5.48. The van der Waals surface area contributed by atoms with Gasteiger partial charge in [0.15, 0.2) is 5.82 Å². The Balaban J connectivity index is 1.54. The predicted octanol–water partition coefficient (Wildman–Crippen LogP) is 3.89. The number of nitrogens with two attached hydrogens (primary N) is 1. The molecule has 2 unspecified atom stereocenters. The van der Waals surface area contributed by atoms with Crippen LogP contribution in [0.4, 0.5) is 8.78 Å². The maximum absolute atomic E-state index is 15.7. The van der Waals surface area contributed by atoms with Gasteiger partial charge in [-0.15, -0.1) is 5.10 Å². The lowest BCUT2D eigenvalue weighted by Crippen LogP contribution is -2.42. The Hall–Kier alpha value is -4.06. The summed E-state index contributed by atoms with van der Waals surface area (Å²) in [7, 11) is 1.49. The lowest BCUT2D eigenvalue weighted by molar-refractivity contribution is -0.00292. The molecule has 1 aliphatic heterocycles. The second kappa shape index (κ2) is 10.7. The molecule has 9 nitrogen and oxygen atoms in total. The van der Waals surface area contributed by atoms with Crippen LogP contribution >= 0.6 is 0 Å². The lowest BCUT2D eigenvalue weighted by atomic mass is 9.88. The number of halogens is 2. The molecule has 1 aliphatic rings. The first-order valence-corrected chi connectivity index (χ1v) is 13.1. The number of aliphatic hydroxyl groups is 1. The fourth-order valence-corrected chi connectivity index (χ4v) is 5.05. The number of carbonyl (C=O) groups excluding carboxylic acids is 1. The molecule has 4 N–H and O–H groups in total. The van der Waals surface area contributed by atoms with Gasteiger partial charge in [0.05, 0.1) is 37.3 Å². The van der Waals surface area contributed by atoms with Gasteiger partial charge in [-0.1, -0.05) is 0 Å². The third-order valence-corrected chi connectivity index (χ3v) is 7.16. The molecule has 1 fully saturated rings. The van der Waals surface area contributed by atoms with E-state index >= 15 is 4.39 Å². The van der Waals surface area contributed by atoms with Crippen molar-refractivity contribution in [3.8, 4) is 17.0 Å². The lowest BCUT2D eigenvalue weighted by Gasteiger charge is -2.31. The van der Waals surface area contributed by atoms with Gasteiger partial charge >= 0.3 is 0 Å². The molecule has 0 aliphatic carbocycles. The second-order valence-electron chi connectivity index (χ2n) is 10.8. The highest BCUT2D eigenvalue weighted by molar-refractivity contribution is 5.99. The standard InChI is InChI=1S/C30H31F2N5O4/c1-16-9-18-10-19(11-23(40-4)26(18)37-36-16)28(38)34-15-30(13-21(33)14-41-30)24-12-22(29(2,3)39)25(32)27(35-24)17-5-7-20(31)8-6-17/h5-12,21,39H,13-15,33H2,1-4H3,(H,34,38). The molecule has 1 saturated heterocycles. The fraction of sp³-hybridized carbons (Fsp3) is 0.333. The Bertz CT molecular complexity index is 1620. The molecule has 41 heavy (non-hydrogen) atoms. The third kappa shape index (κ3) is 5.61. The number of rotatable bonds is 7. The second-order valence-corrected chi connectivity index (χ2v) is 10.8. The van der Waals surface area contributed by atoms with Gasteiger partial charge in [-0.05, 0) is 69.3 Å². The van der Waals surface area contributed by atoms with Crippen LogP contribution in [0.1, 0.15) is 47.6 Å². The summed E-state index contributed by atoms with van der Waals surface area (Å²) in [5, 5.41) is 22.7. The van der Waals surface area contributed by atoms with Gasteiger partial charge in [0.2, 0.25) is 0 Å². The van der Waals surface area contributed by atoms with Gasteiger partial charge < -0.3 is 25.6 Å². The first-order chi connectivity index (χ1) is 19.4. The summed E-state index contributed by atoms with van der Waals surface area (Å²) in [5.74, 6) is -1.24. The molecule has 2 atom stereocenters. The van der Waals surface area contributed by atoms with Gasteiger partial charge in [0.25, 0.3) is 5.91 Å². The number of aryl methyl sites for hydroxylation is 1. The highest BCUT2D eigenvalue weighted by atomic mass is 19.1. The summed E-state index contributed by atoms with van der Waals surface area (Å²) < 4.78 is 40.9. The van der Waals surface area contributed by atoms with Gasteiger partial charge in [0.1, 0.15) is 28.4 Å². The Labute approximate surface area is 235 Å². The zero-order valence-corrected chi connectivity index (χ0v) is 23.2. The minimum atomic E-state index is -1.58. The number of nitrogens with one attached hydrogen (secondary N) is 1. The van der Waals surface area contributed by atoms with Gasteiger partial charge in [0, 0.05) is 34.5 Å². The van der Waals surface area contributed by atoms with Crippen LogP contribution < -0.4 is 15.8 Å². The molecular formula is C30H31F2N5O4. The first-order valence-electron chi connectivity index (χ1n) is 13.1. The molecule has 214 valence electrons. The van der Waals surface area contributed by atoms with E-state index in [4.69, 9.17) is 15.2 Å². The third-order valence-electron chi connectivity index (χ3n) is 7.16. The van der Waals surface area contributed by atoms with Crippen molar-refractivity contribution >= 4 is 16.8 Å². The van der Waals surface area contributed by atoms with E-state index < -0.39 is 28.7 Å². The van der Waals surface area contributed by atoms with Crippen molar-refractivity contribution in [3.63, 3.8) is 0 Å². The molecule has 2 aromatic heterocycles. The molecule has 1 amide bonds. The molecule has 11 heteroatoms. The summed E-state index contributed by atoms with van der Waals surface area (Å²) in [6, 6.07) is 11.4. The van der Waals surface area contributed by atoms with Gasteiger partial charge in [-0.25, -0.2) is 13.8 Å². The van der Waals surface area contributed by atoms with Crippen LogP contribution in [-0.2, 0) is 15.9 Å². The number of benzene rings is 2. The largest absolute Gasteiger partial charge is 0.494 e. The van der Waals surface area contributed by atoms with Crippen LogP contribution in [0.5, 0.6) is 5.75 Å². The quantitative estimate of drug-likeness (QED) is 0.309. The minimum Gasteiger partial charge on any atom is -0.494 e. The highest BCUT2D eigenvalue weighted by Crippen LogP contribution is 2.39. The molecular weight excluding hydrogens is 532 g/mol. The van der Waals surface area contributed by atoms with Gasteiger partial charge in [-0.2, -0.15) is 5.10 Å². The number of hydrogen-bond acceptors (Lipinski definition) is 8. The van der Waals surface area contributed by atoms with Crippen LogP contribution in [-0.4, -0.2) is 52.5 Å². The molecule has 5 rings (SSSR count). The van der Waals surface area contributed by atoms with Crippen molar-refractivity contribution in [3.05, 3.63) is 82.7 Å². The van der Waals surface area contributed by atoms with Crippen LogP contribution in [0, 0.1) is 18.6 Å². The average Bonchev–Trinajstić information content (AvgIpc) is 3.32.